The molecule has 0 bridgehead atoms. The van der Waals surface area contributed by atoms with Crippen LogP contribution in [0.2, 0.25) is 0 Å². The summed E-state index contributed by atoms with van der Waals surface area (Å²) in [5, 5.41) is 26.1. The van der Waals surface area contributed by atoms with Crippen molar-refractivity contribution in [2.75, 3.05) is 31.6 Å². The Labute approximate surface area is 227 Å². The quantitative estimate of drug-likeness (QED) is 0.386. The number of fused-ring (bicyclic) bond motifs is 2. The van der Waals surface area contributed by atoms with Crippen LogP contribution in [0.25, 0.3) is 33.2 Å². The lowest BCUT2D eigenvalue weighted by molar-refractivity contribution is 0.0747. The smallest absolute Gasteiger partial charge is 0.407 e. The highest BCUT2D eigenvalue weighted by Crippen LogP contribution is 2.38. The van der Waals surface area contributed by atoms with Crippen LogP contribution in [-0.2, 0) is 7.05 Å². The van der Waals surface area contributed by atoms with Gasteiger partial charge >= 0.3 is 6.09 Å². The standard InChI is InChI=1S/C29H36N6O4/c1-16-25-18(14-33(6)32-25)12-20(27(16)39-7)21-8-9-22-26(31-21)19(17(2)36)13-24(30-22)34-10-11-35(28(37)38)23(15-34)29(3,4)5/h8-9,12-14,17,23,36H,10-11,15H2,1-7H3,(H,37,38). The summed E-state index contributed by atoms with van der Waals surface area (Å²) < 4.78 is 7.58. The summed E-state index contributed by atoms with van der Waals surface area (Å²) in [6, 6.07) is 7.55. The fourth-order valence-electron chi connectivity index (χ4n) is 5.60. The number of pyridine rings is 2. The van der Waals surface area contributed by atoms with E-state index < -0.39 is 12.2 Å². The number of anilines is 1. The van der Waals surface area contributed by atoms with Crippen LogP contribution in [0, 0.1) is 12.3 Å². The van der Waals surface area contributed by atoms with Crippen LogP contribution < -0.4 is 9.64 Å². The van der Waals surface area contributed by atoms with Crippen molar-refractivity contribution in [2.45, 2.75) is 46.8 Å². The average molecular weight is 533 g/mol. The van der Waals surface area contributed by atoms with Gasteiger partial charge in [0.15, 0.2) is 0 Å². The van der Waals surface area contributed by atoms with E-state index in [0.29, 0.717) is 53.5 Å². The molecule has 4 heterocycles. The third-order valence-electron chi connectivity index (χ3n) is 7.64. The number of aryl methyl sites for hydroxylation is 2. The van der Waals surface area contributed by atoms with Gasteiger partial charge < -0.3 is 24.7 Å². The van der Waals surface area contributed by atoms with Gasteiger partial charge in [-0.15, -0.1) is 0 Å². The first kappa shape index (κ1) is 26.7. The Morgan fingerprint density at radius 1 is 1.15 bits per heavy atom. The van der Waals surface area contributed by atoms with Gasteiger partial charge in [0.1, 0.15) is 11.6 Å². The molecule has 206 valence electrons. The van der Waals surface area contributed by atoms with Gasteiger partial charge in [-0.2, -0.15) is 5.10 Å². The third kappa shape index (κ3) is 4.73. The van der Waals surface area contributed by atoms with E-state index in [1.807, 2.05) is 44.4 Å². The maximum absolute atomic E-state index is 11.9. The largest absolute Gasteiger partial charge is 0.496 e. The van der Waals surface area contributed by atoms with E-state index in [1.54, 1.807) is 18.7 Å². The summed E-state index contributed by atoms with van der Waals surface area (Å²) in [4.78, 5) is 25.4. The lowest BCUT2D eigenvalue weighted by atomic mass is 9.84. The molecule has 0 aliphatic carbocycles. The minimum Gasteiger partial charge on any atom is -0.496 e. The zero-order valence-corrected chi connectivity index (χ0v) is 23.6. The van der Waals surface area contributed by atoms with Crippen molar-refractivity contribution in [3.8, 4) is 17.0 Å². The minimum atomic E-state index is -0.905. The molecule has 10 nitrogen and oxygen atoms in total. The van der Waals surface area contributed by atoms with Crippen molar-refractivity contribution in [2.24, 2.45) is 12.5 Å². The number of methoxy groups -OCH3 is 1. The van der Waals surface area contributed by atoms with Gasteiger partial charge in [-0.25, -0.2) is 14.8 Å². The molecule has 1 aliphatic heterocycles. The molecule has 1 saturated heterocycles. The van der Waals surface area contributed by atoms with Gasteiger partial charge in [0.2, 0.25) is 0 Å². The van der Waals surface area contributed by atoms with Crippen LogP contribution in [-0.4, -0.2) is 73.7 Å². The molecule has 5 rings (SSSR count). The SMILES string of the molecule is COc1c(-c2ccc3nc(N4CCN(C(=O)O)C(C(C)(C)C)C4)cc(C(C)O)c3n2)cc2cn(C)nc2c1C. The number of nitrogens with zero attached hydrogens (tertiary/aromatic N) is 6. The van der Waals surface area contributed by atoms with E-state index in [9.17, 15) is 15.0 Å². The van der Waals surface area contributed by atoms with Gasteiger partial charge in [-0.3, -0.25) is 4.68 Å². The Kier molecular flexibility index (Phi) is 6.62. The van der Waals surface area contributed by atoms with Crippen LogP contribution >= 0.6 is 0 Å². The van der Waals surface area contributed by atoms with Crippen molar-refractivity contribution in [1.29, 1.82) is 0 Å². The van der Waals surface area contributed by atoms with Gasteiger partial charge in [0.05, 0.1) is 41.5 Å². The fraction of sp³-hybridized carbons (Fsp3) is 0.448. The summed E-state index contributed by atoms with van der Waals surface area (Å²) in [5.41, 5.74) is 5.08. The molecule has 1 aliphatic rings. The predicted octanol–water partition coefficient (Wildman–Crippen LogP) is 4.77. The summed E-state index contributed by atoms with van der Waals surface area (Å²) in [7, 11) is 3.54. The molecule has 0 radical (unpaired) electrons. The Hall–Kier alpha value is -3.92. The first-order chi connectivity index (χ1) is 18.4. The molecule has 10 heteroatoms. The number of aromatic nitrogens is 4. The molecule has 3 aromatic heterocycles. The molecule has 4 aromatic rings. The van der Waals surface area contributed by atoms with Gasteiger partial charge in [0.25, 0.3) is 0 Å². The molecule has 1 amide bonds. The second kappa shape index (κ2) is 9.68. The summed E-state index contributed by atoms with van der Waals surface area (Å²) >= 11 is 0. The second-order valence-corrected chi connectivity index (χ2v) is 11.4. The van der Waals surface area contributed by atoms with Crippen LogP contribution in [0.15, 0.2) is 30.5 Å². The molecule has 1 fully saturated rings. The van der Waals surface area contributed by atoms with E-state index in [-0.39, 0.29) is 11.5 Å². The lowest BCUT2D eigenvalue weighted by Gasteiger charge is -2.46. The molecule has 0 saturated carbocycles. The Bertz CT molecular complexity index is 1570. The van der Waals surface area contributed by atoms with Crippen LogP contribution in [0.3, 0.4) is 0 Å². The van der Waals surface area contributed by atoms with E-state index in [0.717, 1.165) is 22.0 Å². The third-order valence-corrected chi connectivity index (χ3v) is 7.64. The van der Waals surface area contributed by atoms with Crippen LogP contribution in [0.5, 0.6) is 5.75 Å². The molecule has 2 N–H and O–H groups in total. The molecule has 0 spiro atoms. The average Bonchev–Trinajstić information content (AvgIpc) is 3.27. The lowest BCUT2D eigenvalue weighted by Crippen LogP contribution is -2.59. The van der Waals surface area contributed by atoms with Gasteiger partial charge in [-0.1, -0.05) is 20.8 Å². The van der Waals surface area contributed by atoms with Crippen molar-refractivity contribution < 1.29 is 19.7 Å². The zero-order chi connectivity index (χ0) is 28.2. The molecular formula is C29H36N6O4. The number of carboxylic acid groups (broad SMARTS) is 1. The topological polar surface area (TPSA) is 117 Å². The van der Waals surface area contributed by atoms with Crippen LogP contribution in [0.4, 0.5) is 10.6 Å². The predicted molar refractivity (Wildman–Crippen MR) is 151 cm³/mol. The maximum Gasteiger partial charge on any atom is 0.407 e. The Morgan fingerprint density at radius 2 is 1.90 bits per heavy atom. The number of piperazine rings is 1. The number of rotatable bonds is 4. The number of hydrogen-bond donors (Lipinski definition) is 2. The summed E-state index contributed by atoms with van der Waals surface area (Å²) in [6.07, 6.45) is 0.286. The first-order valence-electron chi connectivity index (χ1n) is 13.1. The van der Waals surface area contributed by atoms with Crippen molar-refractivity contribution in [3.05, 3.63) is 41.6 Å². The van der Waals surface area contributed by atoms with Crippen molar-refractivity contribution >= 4 is 33.8 Å². The van der Waals surface area contributed by atoms with E-state index in [2.05, 4.69) is 30.8 Å². The van der Waals surface area contributed by atoms with E-state index in [4.69, 9.17) is 14.7 Å². The highest BCUT2D eigenvalue weighted by Gasteiger charge is 2.38. The highest BCUT2D eigenvalue weighted by atomic mass is 16.5. The molecule has 1 aromatic carbocycles. The van der Waals surface area contributed by atoms with Crippen LogP contribution in [0.1, 0.15) is 44.9 Å². The molecule has 2 unspecified atom stereocenters. The summed E-state index contributed by atoms with van der Waals surface area (Å²) in [6.45, 7) is 11.3. The minimum absolute atomic E-state index is 0.199. The number of ether oxygens (including phenoxy) is 1. The van der Waals surface area contributed by atoms with E-state index in [1.165, 1.54) is 4.90 Å². The summed E-state index contributed by atoms with van der Waals surface area (Å²) in [5.74, 6) is 1.41. The van der Waals surface area contributed by atoms with Gasteiger partial charge in [0, 0.05) is 55.0 Å². The molecular weight excluding hydrogens is 496 g/mol. The second-order valence-electron chi connectivity index (χ2n) is 11.4. The van der Waals surface area contributed by atoms with E-state index >= 15 is 0 Å². The number of benzene rings is 1. The first-order valence-corrected chi connectivity index (χ1v) is 13.1. The van der Waals surface area contributed by atoms with Gasteiger partial charge in [-0.05, 0) is 43.5 Å². The normalized spacial score (nSPS) is 17.2. The maximum atomic E-state index is 11.9. The van der Waals surface area contributed by atoms with Crippen molar-refractivity contribution in [3.63, 3.8) is 0 Å². The van der Waals surface area contributed by atoms with Crippen molar-refractivity contribution in [1.82, 2.24) is 24.6 Å². The molecule has 2 atom stereocenters. The number of aliphatic hydroxyl groups is 1. The fourth-order valence-corrected chi connectivity index (χ4v) is 5.60. The monoisotopic (exact) mass is 532 g/mol. The highest BCUT2D eigenvalue weighted by molar-refractivity contribution is 5.92. The Morgan fingerprint density at radius 3 is 2.54 bits per heavy atom. The molecule has 39 heavy (non-hydrogen) atoms. The number of carbonyl (C=O) groups is 1. The zero-order valence-electron chi connectivity index (χ0n) is 23.6. The Balaban J connectivity index is 1.60. The number of aliphatic hydroxyl groups excluding tert-OH is 1. The number of amides is 1. The number of hydrogen-bond acceptors (Lipinski definition) is 7.